The quantitative estimate of drug-likeness (QED) is 0.918. The number of hydrogen-bond donors (Lipinski definition) is 1. The van der Waals surface area contributed by atoms with Crippen LogP contribution in [0.3, 0.4) is 0 Å². The molecule has 84 valence electrons. The molecular weight excluding hydrogens is 291 g/mol. The van der Waals surface area contributed by atoms with Gasteiger partial charge in [0.2, 0.25) is 0 Å². The zero-order valence-corrected chi connectivity index (χ0v) is 11.0. The van der Waals surface area contributed by atoms with Crippen LogP contribution in [0.2, 0.25) is 0 Å². The minimum absolute atomic E-state index is 0.0923. The average molecular weight is 301 g/mol. The lowest BCUT2D eigenvalue weighted by molar-refractivity contribution is 0.621. The maximum absolute atomic E-state index is 13.3. The van der Waals surface area contributed by atoms with Gasteiger partial charge < -0.3 is 5.73 Å². The molecule has 0 spiro atoms. The third-order valence-corrected chi connectivity index (χ3v) is 3.71. The van der Waals surface area contributed by atoms with E-state index in [9.17, 15) is 4.39 Å². The van der Waals surface area contributed by atoms with E-state index in [-0.39, 0.29) is 11.9 Å². The van der Waals surface area contributed by atoms with E-state index in [1.807, 2.05) is 18.4 Å². The molecular formula is C11H10BrFN2S. The highest BCUT2D eigenvalue weighted by molar-refractivity contribution is 9.10. The van der Waals surface area contributed by atoms with E-state index >= 15 is 0 Å². The van der Waals surface area contributed by atoms with Crippen LogP contribution in [0.25, 0.3) is 10.6 Å². The second kappa shape index (κ2) is 4.61. The molecule has 0 aliphatic heterocycles. The topological polar surface area (TPSA) is 38.9 Å². The molecule has 16 heavy (non-hydrogen) atoms. The van der Waals surface area contributed by atoms with Gasteiger partial charge in [0.1, 0.15) is 10.8 Å². The Balaban J connectivity index is 2.39. The van der Waals surface area contributed by atoms with Crippen molar-refractivity contribution in [2.75, 3.05) is 0 Å². The van der Waals surface area contributed by atoms with E-state index < -0.39 is 0 Å². The first-order valence-corrected chi connectivity index (χ1v) is 6.41. The Labute approximate surface area is 105 Å². The molecule has 0 aliphatic carbocycles. The van der Waals surface area contributed by atoms with Crippen LogP contribution in [0, 0.1) is 5.82 Å². The third kappa shape index (κ3) is 2.31. The fourth-order valence-corrected chi connectivity index (χ4v) is 2.42. The molecule has 0 radical (unpaired) electrons. The predicted octanol–water partition coefficient (Wildman–Crippen LogP) is 3.73. The zero-order valence-electron chi connectivity index (χ0n) is 8.58. The number of nitrogens with zero attached hydrogens (tertiary/aromatic N) is 1. The first kappa shape index (κ1) is 11.7. The van der Waals surface area contributed by atoms with Crippen molar-refractivity contribution in [1.29, 1.82) is 0 Å². The molecule has 5 heteroatoms. The molecule has 1 aromatic heterocycles. The Hall–Kier alpha value is -0.780. The van der Waals surface area contributed by atoms with Crippen molar-refractivity contribution in [3.8, 4) is 10.6 Å². The lowest BCUT2D eigenvalue weighted by Crippen LogP contribution is -2.04. The highest BCUT2D eigenvalue weighted by Crippen LogP contribution is 2.28. The number of aromatic nitrogens is 1. The molecule has 1 aromatic carbocycles. The summed E-state index contributed by atoms with van der Waals surface area (Å²) in [6.07, 6.45) is 0. The number of nitrogens with two attached hydrogens (primary N) is 1. The van der Waals surface area contributed by atoms with Gasteiger partial charge in [-0.15, -0.1) is 11.3 Å². The Morgan fingerprint density at radius 3 is 2.81 bits per heavy atom. The lowest BCUT2D eigenvalue weighted by atomic mass is 10.2. The summed E-state index contributed by atoms with van der Waals surface area (Å²) in [5, 5.41) is 2.69. The van der Waals surface area contributed by atoms with Gasteiger partial charge in [-0.1, -0.05) is 6.07 Å². The normalized spacial score (nSPS) is 12.8. The highest BCUT2D eigenvalue weighted by atomic mass is 79.9. The first-order chi connectivity index (χ1) is 7.58. The largest absolute Gasteiger partial charge is 0.323 e. The van der Waals surface area contributed by atoms with Crippen molar-refractivity contribution < 1.29 is 4.39 Å². The number of hydrogen-bond acceptors (Lipinski definition) is 3. The predicted molar refractivity (Wildman–Crippen MR) is 67.8 cm³/mol. The summed E-state index contributed by atoms with van der Waals surface area (Å²) in [6.45, 7) is 1.88. The minimum Gasteiger partial charge on any atom is -0.323 e. The lowest BCUT2D eigenvalue weighted by Gasteiger charge is -2.00. The summed E-state index contributed by atoms with van der Waals surface area (Å²) in [6, 6.07) is 4.88. The van der Waals surface area contributed by atoms with Gasteiger partial charge >= 0.3 is 0 Å². The summed E-state index contributed by atoms with van der Waals surface area (Å²) in [5.41, 5.74) is 7.33. The minimum atomic E-state index is -0.282. The maximum Gasteiger partial charge on any atom is 0.138 e. The molecule has 0 fully saturated rings. The zero-order chi connectivity index (χ0) is 11.7. The standard InChI is InChI=1S/C11H10BrFN2S/c1-6(14)10-5-16-11(15-10)7-2-3-8(12)9(13)4-7/h2-6H,14H2,1H3. The number of benzene rings is 1. The number of thiazole rings is 1. The number of rotatable bonds is 2. The van der Waals surface area contributed by atoms with Crippen molar-refractivity contribution >= 4 is 27.3 Å². The maximum atomic E-state index is 13.3. The molecule has 0 amide bonds. The van der Waals surface area contributed by atoms with Gasteiger partial charge in [-0.05, 0) is 35.0 Å². The van der Waals surface area contributed by atoms with Crippen LogP contribution in [0.15, 0.2) is 28.1 Å². The number of halogens is 2. The molecule has 2 aromatic rings. The molecule has 0 aliphatic rings. The SMILES string of the molecule is CC(N)c1csc(-c2ccc(Br)c(F)c2)n1. The van der Waals surface area contributed by atoms with Crippen molar-refractivity contribution in [3.05, 3.63) is 39.6 Å². The van der Waals surface area contributed by atoms with Crippen LogP contribution < -0.4 is 5.73 Å². The fourth-order valence-electron chi connectivity index (χ4n) is 1.26. The molecule has 0 saturated heterocycles. The van der Waals surface area contributed by atoms with Crippen molar-refractivity contribution in [2.45, 2.75) is 13.0 Å². The highest BCUT2D eigenvalue weighted by Gasteiger charge is 2.09. The summed E-state index contributed by atoms with van der Waals surface area (Å²) in [5.74, 6) is -0.282. The monoisotopic (exact) mass is 300 g/mol. The Morgan fingerprint density at radius 1 is 1.50 bits per heavy atom. The van der Waals surface area contributed by atoms with Crippen molar-refractivity contribution in [3.63, 3.8) is 0 Å². The van der Waals surface area contributed by atoms with E-state index in [1.54, 1.807) is 6.07 Å². The van der Waals surface area contributed by atoms with E-state index in [4.69, 9.17) is 5.73 Å². The van der Waals surface area contributed by atoms with E-state index in [0.29, 0.717) is 4.47 Å². The van der Waals surface area contributed by atoms with E-state index in [2.05, 4.69) is 20.9 Å². The van der Waals surface area contributed by atoms with E-state index in [0.717, 1.165) is 16.3 Å². The molecule has 2 N–H and O–H groups in total. The average Bonchev–Trinajstić information content (AvgIpc) is 2.71. The van der Waals surface area contributed by atoms with Crippen LogP contribution >= 0.6 is 27.3 Å². The molecule has 1 unspecified atom stereocenters. The molecule has 0 bridgehead atoms. The summed E-state index contributed by atoms with van der Waals surface area (Å²) >= 11 is 4.59. The van der Waals surface area contributed by atoms with Crippen molar-refractivity contribution in [1.82, 2.24) is 4.98 Å². The van der Waals surface area contributed by atoms with Gasteiger partial charge in [0.05, 0.1) is 10.2 Å². The van der Waals surface area contributed by atoms with Gasteiger partial charge in [0, 0.05) is 17.0 Å². The van der Waals surface area contributed by atoms with Gasteiger partial charge in [-0.2, -0.15) is 0 Å². The smallest absolute Gasteiger partial charge is 0.138 e. The Kier molecular flexibility index (Phi) is 3.37. The van der Waals surface area contributed by atoms with E-state index in [1.165, 1.54) is 17.4 Å². The van der Waals surface area contributed by atoms with Gasteiger partial charge in [0.25, 0.3) is 0 Å². The van der Waals surface area contributed by atoms with Crippen LogP contribution in [0.4, 0.5) is 4.39 Å². The van der Waals surface area contributed by atoms with Gasteiger partial charge in [0.15, 0.2) is 0 Å². The fraction of sp³-hybridized carbons (Fsp3) is 0.182. The Bertz CT molecular complexity index is 510. The molecule has 2 rings (SSSR count). The summed E-state index contributed by atoms with van der Waals surface area (Å²) in [7, 11) is 0. The second-order valence-electron chi connectivity index (χ2n) is 3.50. The van der Waals surface area contributed by atoms with Crippen LogP contribution in [0.5, 0.6) is 0 Å². The third-order valence-electron chi connectivity index (χ3n) is 2.16. The first-order valence-electron chi connectivity index (χ1n) is 4.74. The van der Waals surface area contributed by atoms with Gasteiger partial charge in [-0.25, -0.2) is 9.37 Å². The van der Waals surface area contributed by atoms with Crippen LogP contribution in [0.1, 0.15) is 18.7 Å². The van der Waals surface area contributed by atoms with Crippen LogP contribution in [-0.2, 0) is 0 Å². The molecule has 1 heterocycles. The van der Waals surface area contributed by atoms with Crippen molar-refractivity contribution in [2.24, 2.45) is 5.73 Å². The molecule has 2 nitrogen and oxygen atoms in total. The molecule has 0 saturated carbocycles. The second-order valence-corrected chi connectivity index (χ2v) is 5.21. The van der Waals surface area contributed by atoms with Crippen LogP contribution in [-0.4, -0.2) is 4.98 Å². The summed E-state index contributed by atoms with van der Waals surface area (Å²) < 4.78 is 13.8. The summed E-state index contributed by atoms with van der Waals surface area (Å²) in [4.78, 5) is 4.36. The van der Waals surface area contributed by atoms with Gasteiger partial charge in [-0.3, -0.25) is 0 Å². The molecule has 1 atom stereocenters. The Morgan fingerprint density at radius 2 is 2.25 bits per heavy atom.